The number of halogens is 7. The van der Waals surface area contributed by atoms with Crippen molar-refractivity contribution in [2.45, 2.75) is 24.7 Å². The van der Waals surface area contributed by atoms with Gasteiger partial charge in [0.25, 0.3) is 0 Å². The molecule has 1 N–H and O–H groups in total. The molecule has 0 aliphatic carbocycles. The standard InChI is InChI=1S/C20H15ClF6N8/c1-33-16(2-3-29-33)30-15-5-12(13(21)7-28-15)10-4-14-17-31-32-18(19(23,24)20(25,26)27)35(17)11(6-22)9-34(14)8-10/h2-5,7-8,11H,6,9H2,1H3,(H,28,30)/t11-/m0/s1. The van der Waals surface area contributed by atoms with Crippen molar-refractivity contribution in [3.05, 3.63) is 47.6 Å². The monoisotopic (exact) mass is 516 g/mol. The molecule has 4 aromatic heterocycles. The highest BCUT2D eigenvalue weighted by Gasteiger charge is 2.63. The van der Waals surface area contributed by atoms with Crippen LogP contribution >= 0.6 is 11.6 Å². The normalized spacial score (nSPS) is 15.7. The molecule has 0 saturated heterocycles. The third-order valence-corrected chi connectivity index (χ3v) is 5.95. The van der Waals surface area contributed by atoms with Gasteiger partial charge in [-0.25, -0.2) is 9.37 Å². The predicted molar refractivity (Wildman–Crippen MR) is 113 cm³/mol. The topological polar surface area (TPSA) is 78.4 Å². The number of anilines is 2. The number of nitrogens with one attached hydrogen (secondary N) is 1. The highest BCUT2D eigenvalue weighted by atomic mass is 35.5. The number of hydrogen-bond donors (Lipinski definition) is 1. The number of fused-ring (bicyclic) bond motifs is 3. The van der Waals surface area contributed by atoms with Crippen LogP contribution in [0, 0.1) is 0 Å². The van der Waals surface area contributed by atoms with Gasteiger partial charge in [-0.1, -0.05) is 11.6 Å². The summed E-state index contributed by atoms with van der Waals surface area (Å²) in [5, 5.41) is 14.1. The van der Waals surface area contributed by atoms with E-state index in [1.54, 1.807) is 36.3 Å². The van der Waals surface area contributed by atoms with E-state index >= 15 is 0 Å². The van der Waals surface area contributed by atoms with Crippen molar-refractivity contribution in [1.82, 2.24) is 34.1 Å². The van der Waals surface area contributed by atoms with E-state index in [1.165, 1.54) is 16.8 Å². The number of aryl methyl sites for hydroxylation is 1. The Bertz CT molecular complexity index is 1400. The lowest BCUT2D eigenvalue weighted by Gasteiger charge is -2.28. The largest absolute Gasteiger partial charge is 0.461 e. The zero-order valence-corrected chi connectivity index (χ0v) is 18.5. The lowest BCUT2D eigenvalue weighted by Crippen LogP contribution is -2.38. The maximum absolute atomic E-state index is 14.1. The van der Waals surface area contributed by atoms with E-state index < -0.39 is 30.6 Å². The summed E-state index contributed by atoms with van der Waals surface area (Å²) in [6, 6.07) is 3.52. The lowest BCUT2D eigenvalue weighted by atomic mass is 10.1. The molecule has 5 rings (SSSR count). The number of nitrogens with zero attached hydrogens (tertiary/aromatic N) is 7. The number of aromatic nitrogens is 7. The minimum atomic E-state index is -5.91. The van der Waals surface area contributed by atoms with Crippen LogP contribution in [0.1, 0.15) is 11.9 Å². The first-order chi connectivity index (χ1) is 16.5. The zero-order chi connectivity index (χ0) is 25.1. The average molecular weight is 517 g/mol. The summed E-state index contributed by atoms with van der Waals surface area (Å²) in [6.07, 6.45) is -1.33. The smallest absolute Gasteiger partial charge is 0.342 e. The molecule has 35 heavy (non-hydrogen) atoms. The average Bonchev–Trinajstić information content (AvgIpc) is 3.52. The van der Waals surface area contributed by atoms with Crippen molar-refractivity contribution in [1.29, 1.82) is 0 Å². The Balaban J connectivity index is 1.57. The zero-order valence-electron chi connectivity index (χ0n) is 17.7. The molecule has 0 fully saturated rings. The van der Waals surface area contributed by atoms with Crippen molar-refractivity contribution in [2.24, 2.45) is 7.05 Å². The van der Waals surface area contributed by atoms with Gasteiger partial charge in [0, 0.05) is 43.2 Å². The van der Waals surface area contributed by atoms with E-state index in [2.05, 4.69) is 25.6 Å². The second-order valence-electron chi connectivity index (χ2n) is 7.88. The van der Waals surface area contributed by atoms with Crippen LogP contribution in [-0.4, -0.2) is 46.9 Å². The summed E-state index contributed by atoms with van der Waals surface area (Å²) in [4.78, 5) is 4.22. The molecule has 0 amide bonds. The summed E-state index contributed by atoms with van der Waals surface area (Å²) in [5.74, 6) is -6.18. The fourth-order valence-electron chi connectivity index (χ4n) is 3.93. The number of pyridine rings is 1. The summed E-state index contributed by atoms with van der Waals surface area (Å²) < 4.78 is 84.6. The Hall–Kier alpha value is -3.55. The van der Waals surface area contributed by atoms with E-state index in [0.717, 1.165) is 0 Å². The summed E-state index contributed by atoms with van der Waals surface area (Å²) >= 11 is 6.34. The van der Waals surface area contributed by atoms with Gasteiger partial charge >= 0.3 is 12.1 Å². The number of rotatable bonds is 5. The Morgan fingerprint density at radius 2 is 1.94 bits per heavy atom. The van der Waals surface area contributed by atoms with Crippen LogP contribution in [0.5, 0.6) is 0 Å². The van der Waals surface area contributed by atoms with Gasteiger partial charge in [0.05, 0.1) is 23.0 Å². The second kappa shape index (κ2) is 8.00. The van der Waals surface area contributed by atoms with Crippen LogP contribution in [0.4, 0.5) is 38.0 Å². The van der Waals surface area contributed by atoms with Crippen molar-refractivity contribution in [2.75, 3.05) is 12.0 Å². The van der Waals surface area contributed by atoms with Crippen molar-refractivity contribution < 1.29 is 26.3 Å². The first-order valence-electron chi connectivity index (χ1n) is 10.1. The molecule has 4 aromatic rings. The van der Waals surface area contributed by atoms with Gasteiger partial charge in [-0.2, -0.15) is 27.1 Å². The van der Waals surface area contributed by atoms with Gasteiger partial charge in [0.2, 0.25) is 5.82 Å². The Labute approximate surface area is 198 Å². The first kappa shape index (κ1) is 23.2. The third-order valence-electron chi connectivity index (χ3n) is 5.65. The molecule has 0 spiro atoms. The van der Waals surface area contributed by atoms with Crippen LogP contribution in [0.15, 0.2) is 36.8 Å². The SMILES string of the molecule is Cn1nccc1Nc1cc(-c2cc3n(c2)C[C@H](CF)n2c-3nnc2C(F)(F)C(F)(F)F)c(Cl)cn1. The van der Waals surface area contributed by atoms with Crippen molar-refractivity contribution in [3.63, 3.8) is 0 Å². The number of alkyl halides is 6. The minimum Gasteiger partial charge on any atom is -0.342 e. The molecule has 1 atom stereocenters. The minimum absolute atomic E-state index is 0.190. The number of hydrogen-bond acceptors (Lipinski definition) is 5. The van der Waals surface area contributed by atoms with Crippen LogP contribution in [0.2, 0.25) is 5.02 Å². The molecule has 15 heteroatoms. The molecular weight excluding hydrogens is 502 g/mol. The van der Waals surface area contributed by atoms with Crippen molar-refractivity contribution in [3.8, 4) is 22.6 Å². The second-order valence-corrected chi connectivity index (χ2v) is 8.29. The van der Waals surface area contributed by atoms with Gasteiger partial charge in [-0.15, -0.1) is 10.2 Å². The molecule has 0 bridgehead atoms. The van der Waals surface area contributed by atoms with E-state index in [0.29, 0.717) is 27.3 Å². The Morgan fingerprint density at radius 3 is 2.60 bits per heavy atom. The van der Waals surface area contributed by atoms with E-state index in [1.807, 2.05) is 0 Å². The van der Waals surface area contributed by atoms with Gasteiger partial charge in [0.1, 0.15) is 18.3 Å². The van der Waals surface area contributed by atoms with Crippen molar-refractivity contribution >= 4 is 23.2 Å². The van der Waals surface area contributed by atoms with Gasteiger partial charge < -0.3 is 9.88 Å². The molecule has 8 nitrogen and oxygen atoms in total. The van der Waals surface area contributed by atoms with Gasteiger partial charge in [-0.3, -0.25) is 9.25 Å². The van der Waals surface area contributed by atoms with E-state index in [-0.39, 0.29) is 23.1 Å². The lowest BCUT2D eigenvalue weighted by molar-refractivity contribution is -0.293. The molecule has 1 aliphatic heterocycles. The third kappa shape index (κ3) is 3.72. The molecule has 0 radical (unpaired) electrons. The molecule has 1 aliphatic rings. The van der Waals surface area contributed by atoms with Crippen LogP contribution in [0.3, 0.4) is 0 Å². The predicted octanol–water partition coefficient (Wildman–Crippen LogP) is 5.12. The summed E-state index contributed by atoms with van der Waals surface area (Å²) in [6.45, 7) is -1.41. The summed E-state index contributed by atoms with van der Waals surface area (Å²) in [5.41, 5.74) is 1.19. The Kier molecular flexibility index (Phi) is 5.30. The first-order valence-corrected chi connectivity index (χ1v) is 10.5. The van der Waals surface area contributed by atoms with E-state index in [4.69, 9.17) is 11.6 Å². The van der Waals surface area contributed by atoms with Gasteiger partial charge in [-0.05, 0) is 12.1 Å². The van der Waals surface area contributed by atoms with Crippen LogP contribution in [-0.2, 0) is 19.5 Å². The highest BCUT2D eigenvalue weighted by Crippen LogP contribution is 2.46. The molecular formula is C20H15ClF6N8. The molecule has 0 unspecified atom stereocenters. The highest BCUT2D eigenvalue weighted by molar-refractivity contribution is 6.33. The van der Waals surface area contributed by atoms with Crippen LogP contribution < -0.4 is 5.32 Å². The van der Waals surface area contributed by atoms with Gasteiger partial charge in [0.15, 0.2) is 5.82 Å². The fourth-order valence-corrected chi connectivity index (χ4v) is 4.14. The quantitative estimate of drug-likeness (QED) is 0.373. The molecule has 184 valence electrons. The Morgan fingerprint density at radius 1 is 1.17 bits per heavy atom. The van der Waals surface area contributed by atoms with E-state index in [9.17, 15) is 26.3 Å². The molecule has 5 heterocycles. The maximum atomic E-state index is 14.1. The molecule has 0 aromatic carbocycles. The van der Waals surface area contributed by atoms with Crippen LogP contribution in [0.25, 0.3) is 22.6 Å². The summed E-state index contributed by atoms with van der Waals surface area (Å²) in [7, 11) is 1.73. The molecule has 0 saturated carbocycles. The maximum Gasteiger partial charge on any atom is 0.461 e. The fraction of sp³-hybridized carbons (Fsp3) is 0.300.